The minimum atomic E-state index is -0.0558. The van der Waals surface area contributed by atoms with Crippen molar-refractivity contribution in [2.75, 3.05) is 0 Å². The molecule has 0 spiro atoms. The lowest BCUT2D eigenvalue weighted by atomic mass is 10.1. The van der Waals surface area contributed by atoms with E-state index in [2.05, 4.69) is 6.58 Å². The van der Waals surface area contributed by atoms with Crippen molar-refractivity contribution in [3.8, 4) is 17.2 Å². The lowest BCUT2D eigenvalue weighted by molar-refractivity contribution is 0.112. The Hall–Kier alpha value is -2.55. The van der Waals surface area contributed by atoms with Crippen LogP contribution in [0.2, 0.25) is 0 Å². The van der Waals surface area contributed by atoms with Gasteiger partial charge in [-0.05, 0) is 42.3 Å². The number of benzene rings is 2. The summed E-state index contributed by atoms with van der Waals surface area (Å²) in [6, 6.07) is 12.1. The van der Waals surface area contributed by atoms with E-state index in [9.17, 15) is 9.90 Å². The molecule has 3 nitrogen and oxygen atoms in total. The molecule has 3 heteroatoms. The summed E-state index contributed by atoms with van der Waals surface area (Å²) in [7, 11) is 0. The standard InChI is InChI=1S/C16H14O3/c1-2-3-12-4-7-14(8-5-12)19-16-9-6-13(11-17)10-15(16)18/h2,4-11,18H,1,3H2. The number of phenols is 1. The molecule has 0 saturated carbocycles. The van der Waals surface area contributed by atoms with Crippen LogP contribution in [0.1, 0.15) is 15.9 Å². The average molecular weight is 254 g/mol. The van der Waals surface area contributed by atoms with Crippen LogP contribution in [0.4, 0.5) is 0 Å². The van der Waals surface area contributed by atoms with E-state index in [0.717, 1.165) is 12.0 Å². The molecule has 0 atom stereocenters. The van der Waals surface area contributed by atoms with Crippen LogP contribution in [0.3, 0.4) is 0 Å². The molecule has 19 heavy (non-hydrogen) atoms. The van der Waals surface area contributed by atoms with Gasteiger partial charge in [-0.3, -0.25) is 4.79 Å². The molecule has 0 fully saturated rings. The fourth-order valence-corrected chi connectivity index (χ4v) is 1.68. The Morgan fingerprint density at radius 2 is 1.89 bits per heavy atom. The maximum atomic E-state index is 10.6. The smallest absolute Gasteiger partial charge is 0.169 e. The van der Waals surface area contributed by atoms with Gasteiger partial charge in [0.2, 0.25) is 0 Å². The molecule has 0 aliphatic carbocycles. The number of ether oxygens (including phenoxy) is 1. The molecular formula is C16H14O3. The summed E-state index contributed by atoms with van der Waals surface area (Å²) in [6.07, 6.45) is 3.31. The first kappa shape index (κ1) is 12.9. The van der Waals surface area contributed by atoms with Crippen molar-refractivity contribution >= 4 is 6.29 Å². The quantitative estimate of drug-likeness (QED) is 0.653. The molecular weight excluding hydrogens is 240 g/mol. The molecule has 1 N–H and O–H groups in total. The van der Waals surface area contributed by atoms with Crippen molar-refractivity contribution in [3.05, 3.63) is 66.2 Å². The topological polar surface area (TPSA) is 46.5 Å². The van der Waals surface area contributed by atoms with Gasteiger partial charge in [-0.2, -0.15) is 0 Å². The van der Waals surface area contributed by atoms with Crippen LogP contribution >= 0.6 is 0 Å². The fourth-order valence-electron chi connectivity index (χ4n) is 1.68. The molecule has 96 valence electrons. The van der Waals surface area contributed by atoms with Crippen LogP contribution in [-0.2, 0) is 6.42 Å². The molecule has 2 aromatic rings. The second-order valence-corrected chi connectivity index (χ2v) is 4.08. The Labute approximate surface area is 111 Å². The van der Waals surface area contributed by atoms with Crippen LogP contribution in [-0.4, -0.2) is 11.4 Å². The monoisotopic (exact) mass is 254 g/mol. The van der Waals surface area contributed by atoms with Gasteiger partial charge in [-0.25, -0.2) is 0 Å². The minimum Gasteiger partial charge on any atom is -0.504 e. The number of carbonyl (C=O) groups is 1. The van der Waals surface area contributed by atoms with Gasteiger partial charge in [0.25, 0.3) is 0 Å². The van der Waals surface area contributed by atoms with E-state index in [1.807, 2.05) is 30.3 Å². The number of phenolic OH excluding ortho intramolecular Hbond substituents is 1. The SMILES string of the molecule is C=CCc1ccc(Oc2ccc(C=O)cc2O)cc1. The molecule has 0 aliphatic heterocycles. The summed E-state index contributed by atoms with van der Waals surface area (Å²) in [5.41, 5.74) is 1.55. The van der Waals surface area contributed by atoms with Crippen molar-refractivity contribution in [2.24, 2.45) is 0 Å². The summed E-state index contributed by atoms with van der Waals surface area (Å²) < 4.78 is 5.55. The number of hydrogen-bond acceptors (Lipinski definition) is 3. The Morgan fingerprint density at radius 1 is 1.16 bits per heavy atom. The van der Waals surface area contributed by atoms with E-state index in [1.165, 1.54) is 6.07 Å². The second kappa shape index (κ2) is 5.87. The third kappa shape index (κ3) is 3.22. The highest BCUT2D eigenvalue weighted by molar-refractivity contribution is 5.76. The van der Waals surface area contributed by atoms with Gasteiger partial charge < -0.3 is 9.84 Å². The highest BCUT2D eigenvalue weighted by Crippen LogP contribution is 2.31. The Balaban J connectivity index is 2.16. The molecule has 0 aromatic heterocycles. The van der Waals surface area contributed by atoms with Crippen LogP contribution in [0.15, 0.2) is 55.1 Å². The highest BCUT2D eigenvalue weighted by atomic mass is 16.5. The maximum absolute atomic E-state index is 10.6. The molecule has 0 saturated heterocycles. The molecule has 0 amide bonds. The summed E-state index contributed by atoms with van der Waals surface area (Å²) in [5.74, 6) is 0.892. The molecule has 0 bridgehead atoms. The van der Waals surface area contributed by atoms with Gasteiger partial charge in [0.1, 0.15) is 12.0 Å². The number of aromatic hydroxyl groups is 1. The molecule has 0 radical (unpaired) electrons. The third-order valence-corrected chi connectivity index (χ3v) is 2.65. The summed E-state index contributed by atoms with van der Waals surface area (Å²) in [5, 5.41) is 9.73. The van der Waals surface area contributed by atoms with Crippen molar-refractivity contribution in [1.29, 1.82) is 0 Å². The summed E-state index contributed by atoms with van der Waals surface area (Å²) in [6.45, 7) is 3.68. The Morgan fingerprint density at radius 3 is 2.47 bits per heavy atom. The van der Waals surface area contributed by atoms with E-state index in [4.69, 9.17) is 4.74 Å². The number of aldehydes is 1. The first-order chi connectivity index (χ1) is 9.22. The second-order valence-electron chi connectivity index (χ2n) is 4.08. The average Bonchev–Trinajstić information content (AvgIpc) is 2.43. The van der Waals surface area contributed by atoms with Crippen LogP contribution in [0, 0.1) is 0 Å². The molecule has 0 unspecified atom stereocenters. The Kier molecular flexibility index (Phi) is 3.98. The van der Waals surface area contributed by atoms with E-state index in [1.54, 1.807) is 12.1 Å². The minimum absolute atomic E-state index is 0.0558. The predicted octanol–water partition coefficient (Wildman–Crippen LogP) is 3.73. The van der Waals surface area contributed by atoms with E-state index < -0.39 is 0 Å². The van der Waals surface area contributed by atoms with Gasteiger partial charge >= 0.3 is 0 Å². The number of allylic oxidation sites excluding steroid dienone is 1. The predicted molar refractivity (Wildman–Crippen MR) is 73.9 cm³/mol. The molecule has 0 aliphatic rings. The van der Waals surface area contributed by atoms with Gasteiger partial charge in [-0.15, -0.1) is 6.58 Å². The van der Waals surface area contributed by atoms with Crippen LogP contribution in [0.25, 0.3) is 0 Å². The molecule has 2 rings (SSSR count). The van der Waals surface area contributed by atoms with Crippen LogP contribution in [0.5, 0.6) is 17.2 Å². The zero-order valence-corrected chi connectivity index (χ0v) is 10.4. The maximum Gasteiger partial charge on any atom is 0.169 e. The summed E-state index contributed by atoms with van der Waals surface area (Å²) in [4.78, 5) is 10.6. The van der Waals surface area contributed by atoms with Crippen molar-refractivity contribution in [3.63, 3.8) is 0 Å². The number of carbonyl (C=O) groups excluding carboxylic acids is 1. The lowest BCUT2D eigenvalue weighted by Crippen LogP contribution is -1.88. The van der Waals surface area contributed by atoms with E-state index >= 15 is 0 Å². The molecule has 0 heterocycles. The van der Waals surface area contributed by atoms with E-state index in [-0.39, 0.29) is 5.75 Å². The lowest BCUT2D eigenvalue weighted by Gasteiger charge is -2.08. The zero-order chi connectivity index (χ0) is 13.7. The third-order valence-electron chi connectivity index (χ3n) is 2.65. The first-order valence-corrected chi connectivity index (χ1v) is 5.89. The van der Waals surface area contributed by atoms with E-state index in [0.29, 0.717) is 23.3 Å². The first-order valence-electron chi connectivity index (χ1n) is 5.89. The number of hydrogen-bond donors (Lipinski definition) is 1. The number of rotatable bonds is 5. The van der Waals surface area contributed by atoms with Gasteiger partial charge in [0.15, 0.2) is 11.5 Å². The zero-order valence-electron chi connectivity index (χ0n) is 10.4. The van der Waals surface area contributed by atoms with Gasteiger partial charge in [0, 0.05) is 5.56 Å². The van der Waals surface area contributed by atoms with Gasteiger partial charge in [-0.1, -0.05) is 18.2 Å². The summed E-state index contributed by atoms with van der Waals surface area (Å²) >= 11 is 0. The fraction of sp³-hybridized carbons (Fsp3) is 0.0625. The largest absolute Gasteiger partial charge is 0.504 e. The Bertz CT molecular complexity index is 585. The van der Waals surface area contributed by atoms with Crippen molar-refractivity contribution in [1.82, 2.24) is 0 Å². The van der Waals surface area contributed by atoms with Crippen molar-refractivity contribution in [2.45, 2.75) is 6.42 Å². The molecule has 2 aromatic carbocycles. The van der Waals surface area contributed by atoms with Gasteiger partial charge in [0.05, 0.1) is 0 Å². The highest BCUT2D eigenvalue weighted by Gasteiger charge is 2.05. The van der Waals surface area contributed by atoms with Crippen molar-refractivity contribution < 1.29 is 14.6 Å². The van der Waals surface area contributed by atoms with Crippen LogP contribution < -0.4 is 4.74 Å². The normalized spacial score (nSPS) is 9.89.